The largest absolute Gasteiger partial charge is 0.383 e. The number of imidazole rings is 1. The van der Waals surface area contributed by atoms with Crippen LogP contribution in [0.25, 0.3) is 0 Å². The number of nitrogens with zero attached hydrogens (tertiary/aromatic N) is 2. The van der Waals surface area contributed by atoms with Crippen LogP contribution < -0.4 is 5.32 Å². The van der Waals surface area contributed by atoms with Gasteiger partial charge < -0.3 is 14.6 Å². The van der Waals surface area contributed by atoms with E-state index in [0.717, 1.165) is 5.69 Å². The number of methoxy groups -OCH3 is 1. The number of rotatable bonds is 5. The summed E-state index contributed by atoms with van der Waals surface area (Å²) in [4.78, 5) is 4.28. The Labute approximate surface area is 122 Å². The first-order chi connectivity index (χ1) is 9.93. The van der Waals surface area contributed by atoms with Crippen molar-refractivity contribution in [2.75, 3.05) is 19.0 Å². The Morgan fingerprint density at radius 1 is 1.33 bits per heavy atom. The van der Waals surface area contributed by atoms with E-state index in [1.54, 1.807) is 18.6 Å². The smallest absolute Gasteiger partial charge is 0.208 e. The fourth-order valence-corrected chi connectivity index (χ4v) is 2.15. The van der Waals surface area contributed by atoms with Crippen LogP contribution in [-0.2, 0) is 4.74 Å². The Bertz CT molecular complexity index is 640. The fraction of sp³-hybridized carbons (Fsp3) is 0.400. The molecular weight excluding hydrogens is 276 g/mol. The second-order valence-electron chi connectivity index (χ2n) is 5.10. The molecule has 0 aliphatic rings. The number of hydrogen-bond acceptors (Lipinski definition) is 3. The zero-order valence-electron chi connectivity index (χ0n) is 12.6. The lowest BCUT2D eigenvalue weighted by atomic mass is 10.2. The molecule has 1 aromatic heterocycles. The van der Waals surface area contributed by atoms with E-state index in [0.29, 0.717) is 18.1 Å². The summed E-state index contributed by atoms with van der Waals surface area (Å²) in [6.45, 7) is 5.83. The summed E-state index contributed by atoms with van der Waals surface area (Å²) in [5.41, 5.74) is 0.944. The highest BCUT2D eigenvalue weighted by atomic mass is 19.1. The standard InChI is InChI=1S/C15H19F2N3O/c1-9-5-6-12(16)14(13(9)17)19-15-18-10(2)7-20(15)11(3)8-21-4/h5-7,11H,8H2,1-4H3,(H,18,19). The molecule has 0 aliphatic carbocycles. The summed E-state index contributed by atoms with van der Waals surface area (Å²) in [6, 6.07) is 2.63. The van der Waals surface area contributed by atoms with Gasteiger partial charge in [0.1, 0.15) is 11.5 Å². The molecule has 1 heterocycles. The van der Waals surface area contributed by atoms with Crippen molar-refractivity contribution in [3.63, 3.8) is 0 Å². The van der Waals surface area contributed by atoms with Crippen LogP contribution in [-0.4, -0.2) is 23.3 Å². The Hall–Kier alpha value is -1.95. The molecule has 1 N–H and O–H groups in total. The summed E-state index contributed by atoms with van der Waals surface area (Å²) < 4.78 is 34.8. The van der Waals surface area contributed by atoms with Gasteiger partial charge in [-0.2, -0.15) is 0 Å². The van der Waals surface area contributed by atoms with Gasteiger partial charge in [0, 0.05) is 13.3 Å². The third kappa shape index (κ3) is 3.21. The molecule has 114 valence electrons. The first-order valence-electron chi connectivity index (χ1n) is 6.70. The summed E-state index contributed by atoms with van der Waals surface area (Å²) in [6.07, 6.45) is 1.82. The van der Waals surface area contributed by atoms with Gasteiger partial charge in [-0.1, -0.05) is 6.07 Å². The van der Waals surface area contributed by atoms with E-state index in [9.17, 15) is 8.78 Å². The molecule has 6 heteroatoms. The van der Waals surface area contributed by atoms with Crippen LogP contribution in [0.3, 0.4) is 0 Å². The molecular formula is C15H19F2N3O. The van der Waals surface area contributed by atoms with Gasteiger partial charge >= 0.3 is 0 Å². The van der Waals surface area contributed by atoms with Gasteiger partial charge in [0.05, 0.1) is 18.3 Å². The number of aromatic nitrogens is 2. The number of hydrogen-bond donors (Lipinski definition) is 1. The molecule has 2 aromatic rings. The molecule has 0 radical (unpaired) electrons. The van der Waals surface area contributed by atoms with Gasteiger partial charge in [0.15, 0.2) is 5.82 Å². The number of ether oxygens (including phenoxy) is 1. The Kier molecular flexibility index (Phi) is 4.57. The summed E-state index contributed by atoms with van der Waals surface area (Å²) in [5, 5.41) is 2.76. The minimum absolute atomic E-state index is 0.00497. The van der Waals surface area contributed by atoms with Crippen LogP contribution >= 0.6 is 0 Å². The number of anilines is 2. The van der Waals surface area contributed by atoms with Crippen molar-refractivity contribution in [2.45, 2.75) is 26.8 Å². The van der Waals surface area contributed by atoms with Crippen LogP contribution in [0.15, 0.2) is 18.3 Å². The van der Waals surface area contributed by atoms with Gasteiger partial charge in [-0.05, 0) is 32.4 Å². The highest BCUT2D eigenvalue weighted by Crippen LogP contribution is 2.26. The third-order valence-electron chi connectivity index (χ3n) is 3.26. The van der Waals surface area contributed by atoms with E-state index < -0.39 is 11.6 Å². The first-order valence-corrected chi connectivity index (χ1v) is 6.70. The quantitative estimate of drug-likeness (QED) is 0.913. The Morgan fingerprint density at radius 2 is 2.05 bits per heavy atom. The topological polar surface area (TPSA) is 39.1 Å². The number of nitrogens with one attached hydrogen (secondary N) is 1. The second kappa shape index (κ2) is 6.22. The maximum absolute atomic E-state index is 14.1. The molecule has 0 amide bonds. The van der Waals surface area contributed by atoms with Gasteiger partial charge in [0.25, 0.3) is 0 Å². The molecule has 0 saturated carbocycles. The van der Waals surface area contributed by atoms with E-state index in [1.807, 2.05) is 20.0 Å². The monoisotopic (exact) mass is 295 g/mol. The SMILES string of the molecule is COCC(C)n1cc(C)nc1Nc1c(F)ccc(C)c1F. The van der Waals surface area contributed by atoms with Crippen molar-refractivity contribution in [2.24, 2.45) is 0 Å². The van der Waals surface area contributed by atoms with Crippen molar-refractivity contribution in [3.8, 4) is 0 Å². The Balaban J connectivity index is 2.38. The normalized spacial score (nSPS) is 12.5. The van der Waals surface area contributed by atoms with E-state index >= 15 is 0 Å². The van der Waals surface area contributed by atoms with Crippen LogP contribution in [0.2, 0.25) is 0 Å². The van der Waals surface area contributed by atoms with E-state index in [-0.39, 0.29) is 11.7 Å². The zero-order valence-corrected chi connectivity index (χ0v) is 12.6. The molecule has 1 aromatic carbocycles. The van der Waals surface area contributed by atoms with Crippen LogP contribution in [0.1, 0.15) is 24.2 Å². The predicted molar refractivity (Wildman–Crippen MR) is 77.9 cm³/mol. The third-order valence-corrected chi connectivity index (χ3v) is 3.26. The van der Waals surface area contributed by atoms with Crippen molar-refractivity contribution in [1.82, 2.24) is 9.55 Å². The zero-order chi connectivity index (χ0) is 15.6. The lowest BCUT2D eigenvalue weighted by Crippen LogP contribution is -2.13. The molecule has 0 spiro atoms. The lowest BCUT2D eigenvalue weighted by Gasteiger charge is -2.17. The molecule has 0 saturated heterocycles. The van der Waals surface area contributed by atoms with Gasteiger partial charge in [0.2, 0.25) is 5.95 Å². The minimum Gasteiger partial charge on any atom is -0.383 e. The van der Waals surface area contributed by atoms with Crippen LogP contribution in [0.4, 0.5) is 20.4 Å². The summed E-state index contributed by atoms with van der Waals surface area (Å²) >= 11 is 0. The van der Waals surface area contributed by atoms with Crippen molar-refractivity contribution in [3.05, 3.63) is 41.2 Å². The average molecular weight is 295 g/mol. The maximum atomic E-state index is 14.1. The van der Waals surface area contributed by atoms with Crippen molar-refractivity contribution >= 4 is 11.6 Å². The molecule has 0 aliphatic heterocycles. The average Bonchev–Trinajstić information content (AvgIpc) is 2.80. The molecule has 1 atom stereocenters. The molecule has 4 nitrogen and oxygen atoms in total. The molecule has 0 fully saturated rings. The van der Waals surface area contributed by atoms with Crippen molar-refractivity contribution < 1.29 is 13.5 Å². The van der Waals surface area contributed by atoms with Crippen molar-refractivity contribution in [1.29, 1.82) is 0 Å². The van der Waals surface area contributed by atoms with Crippen LogP contribution in [0, 0.1) is 25.5 Å². The lowest BCUT2D eigenvalue weighted by molar-refractivity contribution is 0.163. The fourth-order valence-electron chi connectivity index (χ4n) is 2.15. The van der Waals surface area contributed by atoms with E-state index in [4.69, 9.17) is 4.74 Å². The highest BCUT2D eigenvalue weighted by Gasteiger charge is 2.17. The number of halogens is 2. The molecule has 0 bridgehead atoms. The summed E-state index contributed by atoms with van der Waals surface area (Å²) in [7, 11) is 1.60. The predicted octanol–water partition coefficient (Wildman–Crippen LogP) is 3.73. The van der Waals surface area contributed by atoms with Gasteiger partial charge in [-0.25, -0.2) is 13.8 Å². The Morgan fingerprint density at radius 3 is 2.71 bits per heavy atom. The second-order valence-corrected chi connectivity index (χ2v) is 5.10. The van der Waals surface area contributed by atoms with Gasteiger partial charge in [-0.15, -0.1) is 0 Å². The molecule has 21 heavy (non-hydrogen) atoms. The first kappa shape index (κ1) is 15.4. The van der Waals surface area contributed by atoms with Gasteiger partial charge in [-0.3, -0.25) is 0 Å². The highest BCUT2D eigenvalue weighted by molar-refractivity contribution is 5.57. The van der Waals surface area contributed by atoms with E-state index in [2.05, 4.69) is 10.3 Å². The molecule has 2 rings (SSSR count). The molecule has 1 unspecified atom stereocenters. The van der Waals surface area contributed by atoms with E-state index in [1.165, 1.54) is 12.1 Å². The summed E-state index contributed by atoms with van der Waals surface area (Å²) in [5.74, 6) is -0.869. The minimum atomic E-state index is -0.648. The number of aryl methyl sites for hydroxylation is 2. The number of benzene rings is 1. The van der Waals surface area contributed by atoms with Crippen LogP contribution in [0.5, 0.6) is 0 Å². The maximum Gasteiger partial charge on any atom is 0.208 e.